The van der Waals surface area contributed by atoms with Gasteiger partial charge in [0.25, 0.3) is 5.91 Å². The molecule has 0 fully saturated rings. The Labute approximate surface area is 171 Å². The number of anilines is 1. The number of hydrogen-bond acceptors (Lipinski definition) is 6. The fourth-order valence-corrected chi connectivity index (χ4v) is 3.57. The highest BCUT2D eigenvalue weighted by molar-refractivity contribution is 7.89. The zero-order chi connectivity index (χ0) is 21.2. The van der Waals surface area contributed by atoms with Crippen LogP contribution < -0.4 is 5.32 Å². The van der Waals surface area contributed by atoms with Crippen molar-refractivity contribution in [1.29, 1.82) is 0 Å². The van der Waals surface area contributed by atoms with Crippen LogP contribution in [0.15, 0.2) is 47.4 Å². The van der Waals surface area contributed by atoms with Crippen LogP contribution in [0, 0.1) is 0 Å². The largest absolute Gasteiger partial charge is 0.451 e. The number of H-pyrrole nitrogens is 1. The van der Waals surface area contributed by atoms with E-state index in [1.54, 1.807) is 24.3 Å². The van der Waals surface area contributed by atoms with Crippen LogP contribution in [0.4, 0.5) is 5.69 Å². The van der Waals surface area contributed by atoms with Crippen LogP contribution >= 0.6 is 11.6 Å². The molecule has 0 aliphatic carbocycles. The van der Waals surface area contributed by atoms with Gasteiger partial charge in [-0.25, -0.2) is 17.5 Å². The van der Waals surface area contributed by atoms with Crippen LogP contribution in [0.5, 0.6) is 0 Å². The van der Waals surface area contributed by atoms with Crippen molar-refractivity contribution in [3.8, 4) is 0 Å². The number of halogens is 1. The first-order valence-electron chi connectivity index (χ1n) is 8.32. The second-order valence-electron chi connectivity index (χ2n) is 6.17. The van der Waals surface area contributed by atoms with E-state index in [9.17, 15) is 18.0 Å². The molecule has 0 bridgehead atoms. The molecule has 0 saturated heterocycles. The number of hydrogen-bond donors (Lipinski definition) is 2. The average molecular weight is 437 g/mol. The molecule has 2 aromatic carbocycles. The van der Waals surface area contributed by atoms with Crippen molar-refractivity contribution in [2.75, 3.05) is 26.0 Å². The smallest absolute Gasteiger partial charge is 0.359 e. The number of rotatable bonds is 6. The monoisotopic (exact) mass is 436 g/mol. The average Bonchev–Trinajstić information content (AvgIpc) is 3.12. The lowest BCUT2D eigenvalue weighted by molar-refractivity contribution is -0.119. The molecule has 3 aromatic rings. The number of benzene rings is 2. The van der Waals surface area contributed by atoms with Crippen LogP contribution in [0.3, 0.4) is 0 Å². The summed E-state index contributed by atoms with van der Waals surface area (Å²) in [6.07, 6.45) is 0. The van der Waals surface area contributed by atoms with Crippen molar-refractivity contribution in [3.63, 3.8) is 0 Å². The van der Waals surface area contributed by atoms with E-state index in [1.165, 1.54) is 32.3 Å². The maximum Gasteiger partial charge on any atom is 0.359 e. The summed E-state index contributed by atoms with van der Waals surface area (Å²) < 4.78 is 30.5. The zero-order valence-corrected chi connectivity index (χ0v) is 17.0. The molecule has 0 saturated carbocycles. The van der Waals surface area contributed by atoms with Crippen molar-refractivity contribution in [3.05, 3.63) is 53.2 Å². The molecular formula is C18H17ClN4O5S. The van der Waals surface area contributed by atoms with E-state index >= 15 is 0 Å². The fraction of sp³-hybridized carbons (Fsp3) is 0.167. The summed E-state index contributed by atoms with van der Waals surface area (Å²) in [6, 6.07) is 10.9. The molecule has 0 spiro atoms. The molecule has 0 atom stereocenters. The molecule has 0 aliphatic rings. The highest BCUT2D eigenvalue weighted by Crippen LogP contribution is 2.26. The van der Waals surface area contributed by atoms with Gasteiger partial charge in [-0.2, -0.15) is 5.10 Å². The molecule has 9 nitrogen and oxygen atoms in total. The third kappa shape index (κ3) is 4.39. The lowest BCUT2D eigenvalue weighted by atomic mass is 10.2. The second kappa shape index (κ2) is 8.19. The summed E-state index contributed by atoms with van der Waals surface area (Å²) in [5, 5.41) is 9.76. The van der Waals surface area contributed by atoms with Crippen molar-refractivity contribution in [2.24, 2.45) is 0 Å². The number of amides is 1. The van der Waals surface area contributed by atoms with Crippen LogP contribution in [-0.2, 0) is 19.6 Å². The number of aromatic nitrogens is 2. The lowest BCUT2D eigenvalue weighted by Crippen LogP contribution is -2.23. The number of sulfonamides is 1. The minimum atomic E-state index is -3.70. The maximum absolute atomic E-state index is 12.2. The summed E-state index contributed by atoms with van der Waals surface area (Å²) in [5.41, 5.74) is 0.806. The number of nitrogens with one attached hydrogen (secondary N) is 2. The SMILES string of the molecule is CN(C)S(=O)(=O)c1ccc(Cl)c(NC(=O)COC(=O)c2n[nH]c3ccccc23)c1. The quantitative estimate of drug-likeness (QED) is 0.571. The van der Waals surface area contributed by atoms with E-state index in [1.807, 2.05) is 0 Å². The number of esters is 1. The molecule has 2 N–H and O–H groups in total. The summed E-state index contributed by atoms with van der Waals surface area (Å²) in [7, 11) is -0.923. The third-order valence-electron chi connectivity index (χ3n) is 3.99. The van der Waals surface area contributed by atoms with Gasteiger partial charge in [-0.3, -0.25) is 9.89 Å². The number of aromatic amines is 1. The van der Waals surface area contributed by atoms with Gasteiger partial charge < -0.3 is 10.1 Å². The molecule has 1 aromatic heterocycles. The molecule has 0 unspecified atom stereocenters. The molecule has 1 amide bonds. The van der Waals surface area contributed by atoms with Gasteiger partial charge in [0.05, 0.1) is 21.1 Å². The second-order valence-corrected chi connectivity index (χ2v) is 8.73. The van der Waals surface area contributed by atoms with Gasteiger partial charge >= 0.3 is 5.97 Å². The van der Waals surface area contributed by atoms with Gasteiger partial charge in [0.2, 0.25) is 10.0 Å². The van der Waals surface area contributed by atoms with Gasteiger partial charge in [0, 0.05) is 19.5 Å². The fourth-order valence-electron chi connectivity index (χ4n) is 2.48. The summed E-state index contributed by atoms with van der Waals surface area (Å²) in [5.74, 6) is -1.45. The predicted octanol–water partition coefficient (Wildman–Crippen LogP) is 2.26. The van der Waals surface area contributed by atoms with Crippen LogP contribution in [0.25, 0.3) is 10.9 Å². The van der Waals surface area contributed by atoms with Crippen molar-refractivity contribution >= 4 is 50.1 Å². The molecule has 3 rings (SSSR count). The number of carbonyl (C=O) groups is 2. The number of fused-ring (bicyclic) bond motifs is 1. The van der Waals surface area contributed by atoms with Gasteiger partial charge in [-0.05, 0) is 24.3 Å². The van der Waals surface area contributed by atoms with E-state index in [-0.39, 0.29) is 21.3 Å². The number of nitrogens with zero attached hydrogens (tertiary/aromatic N) is 2. The summed E-state index contributed by atoms with van der Waals surface area (Å²) in [4.78, 5) is 24.3. The van der Waals surface area contributed by atoms with E-state index in [0.29, 0.717) is 10.9 Å². The minimum Gasteiger partial charge on any atom is -0.451 e. The van der Waals surface area contributed by atoms with Crippen LogP contribution in [-0.4, -0.2) is 55.5 Å². The molecule has 0 aliphatic heterocycles. The van der Waals surface area contributed by atoms with E-state index in [2.05, 4.69) is 15.5 Å². The maximum atomic E-state index is 12.2. The van der Waals surface area contributed by atoms with Gasteiger partial charge in [-0.1, -0.05) is 29.8 Å². The number of para-hydroxylation sites is 1. The Morgan fingerprint density at radius 2 is 1.93 bits per heavy atom. The first-order chi connectivity index (χ1) is 13.7. The van der Waals surface area contributed by atoms with E-state index < -0.39 is 28.5 Å². The third-order valence-corrected chi connectivity index (χ3v) is 6.13. The van der Waals surface area contributed by atoms with Crippen LogP contribution in [0.2, 0.25) is 5.02 Å². The first-order valence-corrected chi connectivity index (χ1v) is 10.1. The topological polar surface area (TPSA) is 121 Å². The van der Waals surface area contributed by atoms with Crippen molar-refractivity contribution < 1.29 is 22.7 Å². The Bertz CT molecular complexity index is 1190. The molecule has 29 heavy (non-hydrogen) atoms. The molecule has 152 valence electrons. The molecular weight excluding hydrogens is 420 g/mol. The standard InChI is InChI=1S/C18H17ClN4O5S/c1-23(2)29(26,27)11-7-8-13(19)15(9-11)20-16(24)10-28-18(25)17-12-5-3-4-6-14(12)21-22-17/h3-9H,10H2,1-2H3,(H,20,24)(H,21,22). The minimum absolute atomic E-state index is 0.0396. The predicted molar refractivity (Wildman–Crippen MR) is 107 cm³/mol. The van der Waals surface area contributed by atoms with Crippen molar-refractivity contribution in [1.82, 2.24) is 14.5 Å². The Balaban J connectivity index is 1.69. The lowest BCUT2D eigenvalue weighted by Gasteiger charge is -2.13. The van der Waals surface area contributed by atoms with Crippen molar-refractivity contribution in [2.45, 2.75) is 4.90 Å². The van der Waals surface area contributed by atoms with E-state index in [0.717, 1.165) is 4.31 Å². The van der Waals surface area contributed by atoms with Crippen LogP contribution in [0.1, 0.15) is 10.5 Å². The Kier molecular flexibility index (Phi) is 5.87. The highest BCUT2D eigenvalue weighted by atomic mass is 35.5. The normalized spacial score (nSPS) is 11.6. The number of ether oxygens (including phenoxy) is 1. The summed E-state index contributed by atoms with van der Waals surface area (Å²) >= 11 is 6.03. The van der Waals surface area contributed by atoms with Gasteiger partial charge in [0.15, 0.2) is 12.3 Å². The Morgan fingerprint density at radius 3 is 2.66 bits per heavy atom. The summed E-state index contributed by atoms with van der Waals surface area (Å²) in [6.45, 7) is -0.596. The van der Waals surface area contributed by atoms with Gasteiger partial charge in [0.1, 0.15) is 0 Å². The Morgan fingerprint density at radius 1 is 1.21 bits per heavy atom. The van der Waals surface area contributed by atoms with Gasteiger partial charge in [-0.15, -0.1) is 0 Å². The highest BCUT2D eigenvalue weighted by Gasteiger charge is 2.20. The first kappa shape index (κ1) is 20.8. The van der Waals surface area contributed by atoms with E-state index in [4.69, 9.17) is 16.3 Å². The Hall–Kier alpha value is -2.95. The number of carbonyl (C=O) groups excluding carboxylic acids is 2. The molecule has 0 radical (unpaired) electrons. The zero-order valence-electron chi connectivity index (χ0n) is 15.5. The molecule has 1 heterocycles. The molecule has 11 heteroatoms.